The third-order valence-electron chi connectivity index (χ3n) is 5.59. The van der Waals surface area contributed by atoms with Gasteiger partial charge in [-0.1, -0.05) is 38.5 Å². The van der Waals surface area contributed by atoms with E-state index in [9.17, 15) is 9.59 Å². The molecule has 0 saturated heterocycles. The molecule has 1 aromatic heterocycles. The van der Waals surface area contributed by atoms with Gasteiger partial charge in [0.05, 0.1) is 12.7 Å². The Morgan fingerprint density at radius 3 is 2.04 bits per heavy atom. The number of anilines is 1. The van der Waals surface area contributed by atoms with Gasteiger partial charge in [0.1, 0.15) is 5.82 Å². The van der Waals surface area contributed by atoms with E-state index < -0.39 is 5.97 Å². The van der Waals surface area contributed by atoms with Crippen LogP contribution in [0.1, 0.15) is 74.6 Å². The Balaban J connectivity index is 1.70. The van der Waals surface area contributed by atoms with E-state index in [0.29, 0.717) is 23.5 Å². The van der Waals surface area contributed by atoms with Crippen molar-refractivity contribution in [1.29, 1.82) is 0 Å². The first-order valence-electron chi connectivity index (χ1n) is 9.82. The third-order valence-corrected chi connectivity index (χ3v) is 5.59. The minimum Gasteiger partial charge on any atom is -0.465 e. The van der Waals surface area contributed by atoms with E-state index in [1.54, 1.807) is 12.1 Å². The Labute approximate surface area is 155 Å². The van der Waals surface area contributed by atoms with E-state index in [-0.39, 0.29) is 6.03 Å². The number of amides is 2. The summed E-state index contributed by atoms with van der Waals surface area (Å²) in [6.07, 6.45) is 13.2. The van der Waals surface area contributed by atoms with Gasteiger partial charge in [-0.25, -0.2) is 14.6 Å². The molecule has 0 bridgehead atoms. The number of aromatic nitrogens is 1. The van der Waals surface area contributed by atoms with Crippen LogP contribution >= 0.6 is 0 Å². The molecule has 1 heterocycles. The second-order valence-electron chi connectivity index (χ2n) is 7.34. The van der Waals surface area contributed by atoms with Gasteiger partial charge in [-0.05, 0) is 37.8 Å². The van der Waals surface area contributed by atoms with Gasteiger partial charge in [-0.2, -0.15) is 0 Å². The van der Waals surface area contributed by atoms with Gasteiger partial charge in [0, 0.05) is 18.3 Å². The Morgan fingerprint density at radius 1 is 1.00 bits per heavy atom. The number of carbonyl (C=O) groups excluding carboxylic acids is 2. The summed E-state index contributed by atoms with van der Waals surface area (Å²) in [5.41, 5.74) is 0.377. The lowest BCUT2D eigenvalue weighted by atomic mass is 9.89. The zero-order chi connectivity index (χ0) is 18.4. The van der Waals surface area contributed by atoms with Crippen molar-refractivity contribution in [2.75, 3.05) is 12.4 Å². The molecule has 2 aliphatic carbocycles. The molecule has 6 nitrogen and oxygen atoms in total. The zero-order valence-electron chi connectivity index (χ0n) is 15.6. The number of pyridine rings is 1. The number of urea groups is 1. The normalized spacial score (nSPS) is 19.0. The minimum atomic E-state index is -0.429. The van der Waals surface area contributed by atoms with E-state index in [1.807, 2.05) is 0 Å². The van der Waals surface area contributed by atoms with Crippen LogP contribution in [0.25, 0.3) is 0 Å². The summed E-state index contributed by atoms with van der Waals surface area (Å²) in [6.45, 7) is 0. The summed E-state index contributed by atoms with van der Waals surface area (Å²) in [7, 11) is 1.34. The molecular weight excluding hydrogens is 330 g/mol. The molecule has 0 radical (unpaired) electrons. The molecule has 2 amide bonds. The van der Waals surface area contributed by atoms with Crippen LogP contribution in [0.15, 0.2) is 18.3 Å². The molecule has 0 unspecified atom stereocenters. The number of nitrogens with one attached hydrogen (secondary N) is 1. The third kappa shape index (κ3) is 4.54. The maximum atomic E-state index is 13.1. The second-order valence-corrected chi connectivity index (χ2v) is 7.34. The van der Waals surface area contributed by atoms with Crippen LogP contribution in [0, 0.1) is 0 Å². The van der Waals surface area contributed by atoms with Crippen molar-refractivity contribution >= 4 is 17.8 Å². The molecule has 3 rings (SSSR count). The fraction of sp³-hybridized carbons (Fsp3) is 0.650. The Bertz CT molecular complexity index is 587. The van der Waals surface area contributed by atoms with E-state index in [0.717, 1.165) is 25.7 Å². The van der Waals surface area contributed by atoms with Crippen molar-refractivity contribution in [2.24, 2.45) is 0 Å². The van der Waals surface area contributed by atoms with Gasteiger partial charge in [0.15, 0.2) is 0 Å². The highest BCUT2D eigenvalue weighted by molar-refractivity contribution is 5.91. The molecule has 1 aromatic rings. The smallest absolute Gasteiger partial charge is 0.339 e. The van der Waals surface area contributed by atoms with E-state index >= 15 is 0 Å². The van der Waals surface area contributed by atoms with E-state index in [2.05, 4.69) is 19.9 Å². The van der Waals surface area contributed by atoms with Gasteiger partial charge < -0.3 is 9.64 Å². The minimum absolute atomic E-state index is 0.0536. The number of rotatable bonds is 4. The fourth-order valence-corrected chi connectivity index (χ4v) is 4.23. The summed E-state index contributed by atoms with van der Waals surface area (Å²) in [4.78, 5) is 30.9. The molecule has 26 heavy (non-hydrogen) atoms. The average Bonchev–Trinajstić information content (AvgIpc) is 2.70. The molecule has 0 aromatic carbocycles. The lowest BCUT2D eigenvalue weighted by Crippen LogP contribution is -2.50. The maximum Gasteiger partial charge on any atom is 0.339 e. The van der Waals surface area contributed by atoms with Gasteiger partial charge >= 0.3 is 12.0 Å². The van der Waals surface area contributed by atoms with Crippen LogP contribution in [-0.4, -0.2) is 41.1 Å². The maximum absolute atomic E-state index is 13.1. The topological polar surface area (TPSA) is 71.5 Å². The van der Waals surface area contributed by atoms with E-state index in [1.165, 1.54) is 51.8 Å². The number of esters is 1. The molecule has 2 aliphatic rings. The van der Waals surface area contributed by atoms with Crippen molar-refractivity contribution < 1.29 is 14.3 Å². The molecule has 142 valence electrons. The molecule has 1 N–H and O–H groups in total. The fourth-order valence-electron chi connectivity index (χ4n) is 4.23. The predicted octanol–water partition coefficient (Wildman–Crippen LogP) is 4.37. The molecule has 2 saturated carbocycles. The van der Waals surface area contributed by atoms with Gasteiger partial charge in [-0.3, -0.25) is 5.32 Å². The zero-order valence-corrected chi connectivity index (χ0v) is 15.6. The van der Waals surface area contributed by atoms with Crippen molar-refractivity contribution in [2.45, 2.75) is 76.3 Å². The second kappa shape index (κ2) is 9.01. The average molecular weight is 359 g/mol. The largest absolute Gasteiger partial charge is 0.465 e. The summed E-state index contributed by atoms with van der Waals surface area (Å²) in [5, 5.41) is 2.94. The monoisotopic (exact) mass is 359 g/mol. The lowest BCUT2D eigenvalue weighted by molar-refractivity contribution is 0.0600. The van der Waals surface area contributed by atoms with Gasteiger partial charge in [0.2, 0.25) is 0 Å². The predicted molar refractivity (Wildman–Crippen MR) is 100 cm³/mol. The highest BCUT2D eigenvalue weighted by atomic mass is 16.5. The number of ether oxygens (including phenoxy) is 1. The van der Waals surface area contributed by atoms with Crippen molar-refractivity contribution in [3.63, 3.8) is 0 Å². The van der Waals surface area contributed by atoms with Crippen LogP contribution in [0.2, 0.25) is 0 Å². The molecule has 0 aliphatic heterocycles. The summed E-state index contributed by atoms with van der Waals surface area (Å²) < 4.78 is 4.68. The number of hydrogen-bond donors (Lipinski definition) is 1. The quantitative estimate of drug-likeness (QED) is 0.811. The number of nitrogens with zero attached hydrogens (tertiary/aromatic N) is 2. The van der Waals surface area contributed by atoms with Crippen LogP contribution < -0.4 is 5.32 Å². The van der Waals surface area contributed by atoms with Crippen LogP contribution in [0.3, 0.4) is 0 Å². The van der Waals surface area contributed by atoms with Gasteiger partial charge in [-0.15, -0.1) is 0 Å². The number of methoxy groups -OCH3 is 1. The van der Waals surface area contributed by atoms with Crippen molar-refractivity contribution in [3.8, 4) is 0 Å². The SMILES string of the molecule is COC(=O)c1ccc(NC(=O)N(C2CCCCC2)C2CCCCC2)nc1. The van der Waals surface area contributed by atoms with Crippen LogP contribution in [0.4, 0.5) is 10.6 Å². The Kier molecular flexibility index (Phi) is 6.47. The molecule has 6 heteroatoms. The molecule has 0 atom stereocenters. The lowest BCUT2D eigenvalue weighted by Gasteiger charge is -2.41. The Hall–Kier alpha value is -2.11. The van der Waals surface area contributed by atoms with Crippen LogP contribution in [-0.2, 0) is 4.74 Å². The van der Waals surface area contributed by atoms with Crippen molar-refractivity contribution in [3.05, 3.63) is 23.9 Å². The first-order valence-corrected chi connectivity index (χ1v) is 9.82. The first-order chi connectivity index (χ1) is 12.7. The van der Waals surface area contributed by atoms with Crippen LogP contribution in [0.5, 0.6) is 0 Å². The standard InChI is InChI=1S/C20H29N3O3/c1-26-19(24)15-12-13-18(21-14-15)22-20(25)23(16-8-4-2-5-9-16)17-10-6-3-7-11-17/h12-14,16-17H,2-11H2,1H3,(H,21,22,25). The highest BCUT2D eigenvalue weighted by Crippen LogP contribution is 2.30. The summed E-state index contributed by atoms with van der Waals surface area (Å²) >= 11 is 0. The molecular formula is C20H29N3O3. The summed E-state index contributed by atoms with van der Waals surface area (Å²) in [5.74, 6) is 0.0423. The van der Waals surface area contributed by atoms with Gasteiger partial charge in [0.25, 0.3) is 0 Å². The number of hydrogen-bond acceptors (Lipinski definition) is 4. The summed E-state index contributed by atoms with van der Waals surface area (Å²) in [6, 6.07) is 3.90. The molecule has 0 spiro atoms. The highest BCUT2D eigenvalue weighted by Gasteiger charge is 2.32. The Morgan fingerprint density at radius 2 is 1.58 bits per heavy atom. The van der Waals surface area contributed by atoms with Crippen molar-refractivity contribution in [1.82, 2.24) is 9.88 Å². The molecule has 2 fully saturated rings. The number of carbonyl (C=O) groups is 2. The first kappa shape index (κ1) is 18.7. The van der Waals surface area contributed by atoms with E-state index in [4.69, 9.17) is 0 Å².